The van der Waals surface area contributed by atoms with Gasteiger partial charge in [0.1, 0.15) is 5.69 Å². The number of aliphatic hydroxyl groups excluding tert-OH is 1. The van der Waals surface area contributed by atoms with Gasteiger partial charge in [0.05, 0.1) is 11.5 Å². The van der Waals surface area contributed by atoms with Gasteiger partial charge < -0.3 is 10.0 Å². The van der Waals surface area contributed by atoms with Gasteiger partial charge in [0.2, 0.25) is 0 Å². The van der Waals surface area contributed by atoms with Gasteiger partial charge in [0.25, 0.3) is 5.69 Å². The molecule has 118 valence electrons. The average molecular weight is 302 g/mol. The second-order valence-corrected chi connectivity index (χ2v) is 6.48. The fourth-order valence-electron chi connectivity index (χ4n) is 3.80. The highest BCUT2D eigenvalue weighted by Crippen LogP contribution is 2.43. The summed E-state index contributed by atoms with van der Waals surface area (Å²) in [7, 11) is 0. The van der Waals surface area contributed by atoms with Crippen LogP contribution in [0.3, 0.4) is 0 Å². The molecule has 1 aromatic carbocycles. The Bertz CT molecular complexity index is 600. The third-order valence-electron chi connectivity index (χ3n) is 4.98. The van der Waals surface area contributed by atoms with Crippen LogP contribution >= 0.6 is 0 Å². The van der Waals surface area contributed by atoms with E-state index in [1.807, 2.05) is 0 Å². The smallest absolute Gasteiger partial charge is 0.292 e. The summed E-state index contributed by atoms with van der Waals surface area (Å²) in [5, 5.41) is 20.7. The van der Waals surface area contributed by atoms with Crippen molar-refractivity contribution in [3.8, 4) is 0 Å². The van der Waals surface area contributed by atoms with Crippen LogP contribution < -0.4 is 4.90 Å². The van der Waals surface area contributed by atoms with E-state index in [9.17, 15) is 15.2 Å². The molecule has 1 N–H and O–H groups in total. The minimum Gasteiger partial charge on any atom is -0.392 e. The summed E-state index contributed by atoms with van der Waals surface area (Å²) >= 11 is 0. The minimum absolute atomic E-state index is 0.0906. The molecule has 3 rings (SSSR count). The molecular formula is C17H22N2O3. The third kappa shape index (κ3) is 2.86. The van der Waals surface area contributed by atoms with Gasteiger partial charge in [-0.1, -0.05) is 12.2 Å². The van der Waals surface area contributed by atoms with Crippen molar-refractivity contribution in [2.24, 2.45) is 5.41 Å². The molecule has 1 aromatic rings. The van der Waals surface area contributed by atoms with E-state index in [1.54, 1.807) is 12.1 Å². The lowest BCUT2D eigenvalue weighted by Gasteiger charge is -2.44. The van der Waals surface area contributed by atoms with Crippen molar-refractivity contribution in [3.05, 3.63) is 46.0 Å². The minimum atomic E-state index is -0.321. The van der Waals surface area contributed by atoms with Crippen LogP contribution in [0.25, 0.3) is 0 Å². The number of anilines is 1. The number of piperidine rings is 1. The van der Waals surface area contributed by atoms with Crippen LogP contribution in [0.15, 0.2) is 30.4 Å². The number of hydrogen-bond acceptors (Lipinski definition) is 4. The summed E-state index contributed by atoms with van der Waals surface area (Å²) in [6, 6.07) is 4.92. The second kappa shape index (κ2) is 6.08. The maximum absolute atomic E-state index is 11.3. The molecule has 0 aromatic heterocycles. The van der Waals surface area contributed by atoms with Crippen LogP contribution in [0.2, 0.25) is 0 Å². The van der Waals surface area contributed by atoms with Crippen molar-refractivity contribution in [1.82, 2.24) is 0 Å². The first-order chi connectivity index (χ1) is 10.6. The molecule has 0 saturated carbocycles. The van der Waals surface area contributed by atoms with E-state index >= 15 is 0 Å². The Balaban J connectivity index is 1.92. The standard InChI is InChI=1S/C17H22N2O3/c20-12-14-5-6-15(19(21)22)16(11-14)18-10-4-9-17(13-18)7-2-1-3-8-17/h1-2,5-6,11,20H,3-4,7-10,12-13H2. The van der Waals surface area contributed by atoms with Crippen LogP contribution in [-0.2, 0) is 6.61 Å². The van der Waals surface area contributed by atoms with Gasteiger partial charge in [0, 0.05) is 19.2 Å². The van der Waals surface area contributed by atoms with Gasteiger partial charge in [-0.3, -0.25) is 10.1 Å². The molecule has 0 radical (unpaired) electrons. The predicted octanol–water partition coefficient (Wildman–Crippen LogP) is 3.41. The fourth-order valence-corrected chi connectivity index (χ4v) is 3.80. The van der Waals surface area contributed by atoms with Gasteiger partial charge in [-0.25, -0.2) is 0 Å². The summed E-state index contributed by atoms with van der Waals surface area (Å²) in [5.41, 5.74) is 1.78. The van der Waals surface area contributed by atoms with E-state index in [2.05, 4.69) is 17.1 Å². The molecule has 2 aliphatic rings. The van der Waals surface area contributed by atoms with Gasteiger partial charge in [-0.15, -0.1) is 0 Å². The number of aliphatic hydroxyl groups is 1. The summed E-state index contributed by atoms with van der Waals surface area (Å²) in [5.74, 6) is 0. The molecule has 1 aliphatic heterocycles. The Hall–Kier alpha value is -1.88. The summed E-state index contributed by atoms with van der Waals surface area (Å²) in [4.78, 5) is 13.2. The Morgan fingerprint density at radius 1 is 1.32 bits per heavy atom. The lowest BCUT2D eigenvalue weighted by atomic mass is 9.71. The molecule has 1 atom stereocenters. The van der Waals surface area contributed by atoms with Crippen LogP contribution in [-0.4, -0.2) is 23.1 Å². The molecule has 1 unspecified atom stereocenters. The van der Waals surface area contributed by atoms with E-state index in [0.29, 0.717) is 5.69 Å². The van der Waals surface area contributed by atoms with Crippen molar-refractivity contribution in [1.29, 1.82) is 0 Å². The Morgan fingerprint density at radius 2 is 2.18 bits per heavy atom. The van der Waals surface area contributed by atoms with Crippen molar-refractivity contribution in [2.75, 3.05) is 18.0 Å². The van der Waals surface area contributed by atoms with Crippen LogP contribution in [0, 0.1) is 15.5 Å². The molecule has 0 bridgehead atoms. The van der Waals surface area contributed by atoms with Crippen LogP contribution in [0.1, 0.15) is 37.7 Å². The zero-order chi connectivity index (χ0) is 15.6. The highest BCUT2D eigenvalue weighted by atomic mass is 16.6. The Morgan fingerprint density at radius 3 is 2.86 bits per heavy atom. The topological polar surface area (TPSA) is 66.6 Å². The highest BCUT2D eigenvalue weighted by molar-refractivity contribution is 5.65. The molecule has 5 heteroatoms. The monoisotopic (exact) mass is 302 g/mol. The summed E-state index contributed by atoms with van der Waals surface area (Å²) < 4.78 is 0. The number of benzene rings is 1. The van der Waals surface area contributed by atoms with E-state index in [4.69, 9.17) is 0 Å². The fraction of sp³-hybridized carbons (Fsp3) is 0.529. The van der Waals surface area contributed by atoms with Crippen molar-refractivity contribution in [2.45, 2.75) is 38.7 Å². The first-order valence-electron chi connectivity index (χ1n) is 7.92. The number of nitro benzene ring substituents is 1. The molecule has 1 heterocycles. The predicted molar refractivity (Wildman–Crippen MR) is 85.9 cm³/mol. The van der Waals surface area contributed by atoms with Gasteiger partial charge in [0.15, 0.2) is 0 Å². The molecule has 1 spiro atoms. The molecule has 1 aliphatic carbocycles. The molecule has 22 heavy (non-hydrogen) atoms. The molecular weight excluding hydrogens is 280 g/mol. The second-order valence-electron chi connectivity index (χ2n) is 6.48. The number of nitrogens with zero attached hydrogens (tertiary/aromatic N) is 2. The zero-order valence-corrected chi connectivity index (χ0v) is 12.7. The van der Waals surface area contributed by atoms with Gasteiger partial charge in [-0.2, -0.15) is 0 Å². The SMILES string of the molecule is O=[N+]([O-])c1ccc(CO)cc1N1CCCC2(CC=CCC2)C1. The molecule has 0 amide bonds. The third-order valence-corrected chi connectivity index (χ3v) is 4.98. The summed E-state index contributed by atoms with van der Waals surface area (Å²) in [6.07, 6.45) is 10.1. The Kier molecular flexibility index (Phi) is 4.16. The van der Waals surface area contributed by atoms with Crippen LogP contribution in [0.5, 0.6) is 0 Å². The van der Waals surface area contributed by atoms with Gasteiger partial charge in [-0.05, 0) is 55.2 Å². The highest BCUT2D eigenvalue weighted by Gasteiger charge is 2.36. The van der Waals surface area contributed by atoms with Gasteiger partial charge >= 0.3 is 0 Å². The average Bonchev–Trinajstić information content (AvgIpc) is 2.55. The molecule has 5 nitrogen and oxygen atoms in total. The van der Waals surface area contributed by atoms with E-state index in [0.717, 1.165) is 44.3 Å². The number of hydrogen-bond donors (Lipinski definition) is 1. The van der Waals surface area contributed by atoms with Crippen LogP contribution in [0.4, 0.5) is 11.4 Å². The largest absolute Gasteiger partial charge is 0.392 e. The Labute approximate surface area is 130 Å². The van der Waals surface area contributed by atoms with Crippen molar-refractivity contribution < 1.29 is 10.0 Å². The molecule has 1 fully saturated rings. The van der Waals surface area contributed by atoms with E-state index in [1.165, 1.54) is 12.5 Å². The van der Waals surface area contributed by atoms with Crippen molar-refractivity contribution >= 4 is 11.4 Å². The number of rotatable bonds is 3. The first kappa shape index (κ1) is 15.0. The lowest BCUT2D eigenvalue weighted by molar-refractivity contribution is -0.384. The maximum atomic E-state index is 11.3. The maximum Gasteiger partial charge on any atom is 0.292 e. The zero-order valence-electron chi connectivity index (χ0n) is 12.7. The number of allylic oxidation sites excluding steroid dienone is 2. The first-order valence-corrected chi connectivity index (χ1v) is 7.92. The number of nitro groups is 1. The summed E-state index contributed by atoms with van der Waals surface area (Å²) in [6.45, 7) is 1.63. The van der Waals surface area contributed by atoms with Crippen molar-refractivity contribution in [3.63, 3.8) is 0 Å². The van der Waals surface area contributed by atoms with E-state index in [-0.39, 0.29) is 22.6 Å². The molecule has 1 saturated heterocycles. The van der Waals surface area contributed by atoms with E-state index < -0.39 is 0 Å². The quantitative estimate of drug-likeness (QED) is 0.528. The normalized spacial score (nSPS) is 24.7. The lowest BCUT2D eigenvalue weighted by Crippen LogP contribution is -2.44.